The van der Waals surface area contributed by atoms with E-state index in [2.05, 4.69) is 46.8 Å². The van der Waals surface area contributed by atoms with Crippen LogP contribution in [0, 0.1) is 5.41 Å². The van der Waals surface area contributed by atoms with Crippen LogP contribution in [0.3, 0.4) is 0 Å². The molecule has 2 N–H and O–H groups in total. The lowest BCUT2D eigenvalue weighted by Gasteiger charge is -2.57. The van der Waals surface area contributed by atoms with E-state index >= 15 is 0 Å². The average Bonchev–Trinajstić information content (AvgIpc) is 2.85. The second-order valence-corrected chi connectivity index (χ2v) is 9.54. The van der Waals surface area contributed by atoms with Gasteiger partial charge in [-0.2, -0.15) is 0 Å². The topological polar surface area (TPSA) is 64.1 Å². The number of rotatable bonds is 8. The zero-order valence-corrected chi connectivity index (χ0v) is 19.9. The number of aliphatic imine (C=N–C) groups is 1. The van der Waals surface area contributed by atoms with Crippen LogP contribution in [0.25, 0.3) is 0 Å². The van der Waals surface area contributed by atoms with E-state index < -0.39 is 0 Å². The van der Waals surface area contributed by atoms with Gasteiger partial charge in [0.2, 0.25) is 0 Å². The Labute approximate surface area is 193 Å². The third-order valence-corrected chi connectivity index (χ3v) is 7.58. The Hall–Kier alpha value is -1.63. The Kier molecular flexibility index (Phi) is 8.44. The molecule has 2 unspecified atom stereocenters. The van der Waals surface area contributed by atoms with Crippen molar-refractivity contribution in [2.75, 3.05) is 26.9 Å². The highest BCUT2D eigenvalue weighted by Crippen LogP contribution is 2.53. The molecule has 0 aromatic heterocycles. The minimum atomic E-state index is 0.285. The van der Waals surface area contributed by atoms with Crippen molar-refractivity contribution in [2.24, 2.45) is 10.4 Å². The quantitative estimate of drug-likeness (QED) is 0.466. The van der Waals surface area contributed by atoms with Crippen molar-refractivity contribution >= 4 is 5.96 Å². The summed E-state index contributed by atoms with van der Waals surface area (Å²) in [4.78, 5) is 4.51. The van der Waals surface area contributed by atoms with Gasteiger partial charge in [0.15, 0.2) is 5.96 Å². The summed E-state index contributed by atoms with van der Waals surface area (Å²) >= 11 is 0. The van der Waals surface area contributed by atoms with Gasteiger partial charge in [0.1, 0.15) is 0 Å². The molecule has 1 aromatic rings. The van der Waals surface area contributed by atoms with Gasteiger partial charge in [-0.1, -0.05) is 43.5 Å². The molecule has 1 aliphatic heterocycles. The first-order valence-corrected chi connectivity index (χ1v) is 12.6. The van der Waals surface area contributed by atoms with Gasteiger partial charge in [-0.25, -0.2) is 0 Å². The zero-order valence-electron chi connectivity index (χ0n) is 19.9. The maximum Gasteiger partial charge on any atom is 0.191 e. The predicted molar refractivity (Wildman–Crippen MR) is 128 cm³/mol. The third kappa shape index (κ3) is 5.64. The highest BCUT2D eigenvalue weighted by atomic mass is 16.5. The lowest BCUT2D eigenvalue weighted by Crippen LogP contribution is -2.66. The molecule has 0 amide bonds. The molecule has 32 heavy (non-hydrogen) atoms. The Morgan fingerprint density at radius 3 is 2.66 bits per heavy atom. The molecule has 6 nitrogen and oxygen atoms in total. The van der Waals surface area contributed by atoms with Crippen LogP contribution in [-0.2, 0) is 27.4 Å². The SMILES string of the molecule is CCOC1CC(NC(=NC)NCc2cccc(COC3CCOCC3)c2)C12CCCCC2. The van der Waals surface area contributed by atoms with Gasteiger partial charge in [0, 0.05) is 44.9 Å². The molecule has 2 atom stereocenters. The molecule has 1 saturated heterocycles. The summed E-state index contributed by atoms with van der Waals surface area (Å²) < 4.78 is 17.6. The van der Waals surface area contributed by atoms with Crippen molar-refractivity contribution in [3.05, 3.63) is 35.4 Å². The van der Waals surface area contributed by atoms with Gasteiger partial charge >= 0.3 is 0 Å². The molecule has 1 aromatic carbocycles. The van der Waals surface area contributed by atoms with Crippen LogP contribution in [-0.4, -0.2) is 51.1 Å². The summed E-state index contributed by atoms with van der Waals surface area (Å²) in [5, 5.41) is 7.25. The maximum absolute atomic E-state index is 6.11. The highest BCUT2D eigenvalue weighted by molar-refractivity contribution is 5.80. The summed E-state index contributed by atoms with van der Waals surface area (Å²) in [5.74, 6) is 0.888. The van der Waals surface area contributed by atoms with E-state index in [1.807, 2.05) is 7.05 Å². The van der Waals surface area contributed by atoms with Gasteiger partial charge in [-0.15, -0.1) is 0 Å². The van der Waals surface area contributed by atoms with Gasteiger partial charge < -0.3 is 24.8 Å². The summed E-state index contributed by atoms with van der Waals surface area (Å²) in [5.41, 5.74) is 2.75. The first kappa shape index (κ1) is 23.5. The highest BCUT2D eigenvalue weighted by Gasteiger charge is 2.55. The number of nitrogens with zero attached hydrogens (tertiary/aromatic N) is 1. The molecular weight excluding hydrogens is 402 g/mol. The second kappa shape index (κ2) is 11.5. The lowest BCUT2D eigenvalue weighted by atomic mass is 9.55. The summed E-state index contributed by atoms with van der Waals surface area (Å²) in [6.45, 7) is 5.96. The maximum atomic E-state index is 6.11. The lowest BCUT2D eigenvalue weighted by molar-refractivity contribution is -0.145. The van der Waals surface area contributed by atoms with Crippen LogP contribution >= 0.6 is 0 Å². The number of nitrogens with one attached hydrogen (secondary N) is 2. The van der Waals surface area contributed by atoms with E-state index in [1.165, 1.54) is 43.2 Å². The van der Waals surface area contributed by atoms with Crippen LogP contribution in [0.2, 0.25) is 0 Å². The first-order valence-electron chi connectivity index (χ1n) is 12.6. The van der Waals surface area contributed by atoms with Crippen molar-refractivity contribution in [1.82, 2.24) is 10.6 Å². The molecule has 2 saturated carbocycles. The van der Waals surface area contributed by atoms with E-state index in [1.54, 1.807) is 0 Å². The van der Waals surface area contributed by atoms with Crippen LogP contribution in [0.4, 0.5) is 0 Å². The predicted octanol–water partition coefficient (Wildman–Crippen LogP) is 4.18. The average molecular weight is 444 g/mol. The Morgan fingerprint density at radius 2 is 1.91 bits per heavy atom. The number of benzene rings is 1. The molecule has 4 rings (SSSR count). The van der Waals surface area contributed by atoms with Gasteiger partial charge in [-0.3, -0.25) is 4.99 Å². The van der Waals surface area contributed by atoms with Crippen molar-refractivity contribution in [3.63, 3.8) is 0 Å². The molecule has 3 fully saturated rings. The van der Waals surface area contributed by atoms with E-state index in [4.69, 9.17) is 14.2 Å². The monoisotopic (exact) mass is 443 g/mol. The largest absolute Gasteiger partial charge is 0.381 e. The molecule has 3 aliphatic rings. The van der Waals surface area contributed by atoms with Crippen LogP contribution in [0.15, 0.2) is 29.3 Å². The van der Waals surface area contributed by atoms with Crippen molar-refractivity contribution in [2.45, 2.75) is 89.7 Å². The Bertz CT molecular complexity index is 742. The second-order valence-electron chi connectivity index (χ2n) is 9.54. The number of guanidine groups is 1. The minimum absolute atomic E-state index is 0.285. The zero-order chi connectivity index (χ0) is 22.2. The Balaban J connectivity index is 1.28. The molecule has 0 bridgehead atoms. The van der Waals surface area contributed by atoms with Gasteiger partial charge in [-0.05, 0) is 50.2 Å². The fourth-order valence-electron chi connectivity index (χ4n) is 5.70. The molecule has 1 spiro atoms. The van der Waals surface area contributed by atoms with E-state index in [0.717, 1.165) is 51.6 Å². The molecule has 2 aliphatic carbocycles. The first-order chi connectivity index (χ1) is 15.7. The summed E-state index contributed by atoms with van der Waals surface area (Å²) in [6, 6.07) is 9.10. The van der Waals surface area contributed by atoms with E-state index in [0.29, 0.717) is 24.9 Å². The molecule has 0 radical (unpaired) electrons. The molecule has 1 heterocycles. The normalized spacial score (nSPS) is 26.0. The van der Waals surface area contributed by atoms with Gasteiger partial charge in [0.05, 0.1) is 18.8 Å². The van der Waals surface area contributed by atoms with Crippen LogP contribution in [0.5, 0.6) is 0 Å². The van der Waals surface area contributed by atoms with Crippen molar-refractivity contribution in [1.29, 1.82) is 0 Å². The smallest absolute Gasteiger partial charge is 0.191 e. The molecule has 178 valence electrons. The van der Waals surface area contributed by atoms with E-state index in [-0.39, 0.29) is 5.41 Å². The molecular formula is C26H41N3O3. The third-order valence-electron chi connectivity index (χ3n) is 7.58. The number of hydrogen-bond donors (Lipinski definition) is 2. The van der Waals surface area contributed by atoms with Crippen molar-refractivity contribution < 1.29 is 14.2 Å². The molecule has 6 heteroatoms. The van der Waals surface area contributed by atoms with Crippen LogP contribution in [0.1, 0.15) is 69.4 Å². The fourth-order valence-corrected chi connectivity index (χ4v) is 5.70. The standard InChI is InChI=1S/C26H41N3O3/c1-3-31-24-17-23(26(24)12-5-4-6-13-26)29-25(27-2)28-18-20-8-7-9-21(16-20)19-32-22-10-14-30-15-11-22/h7-9,16,22-24H,3-6,10-15,17-19H2,1-2H3,(H2,27,28,29). The number of ether oxygens (including phenoxy) is 3. The Morgan fingerprint density at radius 1 is 1.12 bits per heavy atom. The van der Waals surface area contributed by atoms with Crippen LogP contribution < -0.4 is 10.6 Å². The van der Waals surface area contributed by atoms with Crippen molar-refractivity contribution in [3.8, 4) is 0 Å². The minimum Gasteiger partial charge on any atom is -0.381 e. The number of hydrogen-bond acceptors (Lipinski definition) is 4. The fraction of sp³-hybridized carbons (Fsp3) is 0.731. The summed E-state index contributed by atoms with van der Waals surface area (Å²) in [6.07, 6.45) is 10.3. The van der Waals surface area contributed by atoms with E-state index in [9.17, 15) is 0 Å². The summed E-state index contributed by atoms with van der Waals surface area (Å²) in [7, 11) is 1.86. The van der Waals surface area contributed by atoms with Gasteiger partial charge in [0.25, 0.3) is 0 Å².